The first-order chi connectivity index (χ1) is 8.88. The molecule has 18 heavy (non-hydrogen) atoms. The normalized spacial score (nSPS) is 18.8. The molecule has 1 heterocycles. The summed E-state index contributed by atoms with van der Waals surface area (Å²) >= 11 is 0. The number of benzene rings is 1. The van der Waals surface area contributed by atoms with E-state index >= 15 is 0 Å². The monoisotopic (exact) mass is 247 g/mol. The van der Waals surface area contributed by atoms with Gasteiger partial charge in [-0.2, -0.15) is 0 Å². The van der Waals surface area contributed by atoms with Gasteiger partial charge in [-0.05, 0) is 30.5 Å². The first kappa shape index (κ1) is 13.1. The van der Waals surface area contributed by atoms with Gasteiger partial charge >= 0.3 is 0 Å². The van der Waals surface area contributed by atoms with Gasteiger partial charge in [-0.15, -0.1) is 0 Å². The highest BCUT2D eigenvalue weighted by atomic mass is 16.5. The third-order valence-electron chi connectivity index (χ3n) is 2.99. The molecule has 0 bridgehead atoms. The summed E-state index contributed by atoms with van der Waals surface area (Å²) in [6, 6.07) is 8.14. The highest BCUT2D eigenvalue weighted by Crippen LogP contribution is 2.14. The Morgan fingerprint density at radius 1 is 1.50 bits per heavy atom. The van der Waals surface area contributed by atoms with Gasteiger partial charge in [-0.1, -0.05) is 24.8 Å². The standard InChI is InChI=1S/C15H21NO2/c1-2-8-17-14-6-3-5-13(10-14)11-16-12-15-7-4-9-18-15/h2-3,5-6,10,15-16H,1,4,7-9,11-12H2. The van der Waals surface area contributed by atoms with Crippen LogP contribution in [0.4, 0.5) is 0 Å². The summed E-state index contributed by atoms with van der Waals surface area (Å²) in [4.78, 5) is 0. The van der Waals surface area contributed by atoms with Crippen LogP contribution >= 0.6 is 0 Å². The summed E-state index contributed by atoms with van der Waals surface area (Å²) in [5.41, 5.74) is 1.23. The third-order valence-corrected chi connectivity index (χ3v) is 2.99. The molecule has 1 saturated heterocycles. The fourth-order valence-corrected chi connectivity index (χ4v) is 2.08. The van der Waals surface area contributed by atoms with Crippen LogP contribution in [0.2, 0.25) is 0 Å². The zero-order chi connectivity index (χ0) is 12.6. The van der Waals surface area contributed by atoms with Crippen molar-refractivity contribution in [2.24, 2.45) is 0 Å². The van der Waals surface area contributed by atoms with Gasteiger partial charge in [0, 0.05) is 19.7 Å². The second kappa shape index (κ2) is 7.19. The summed E-state index contributed by atoms with van der Waals surface area (Å²) in [5, 5.41) is 3.43. The van der Waals surface area contributed by atoms with Crippen LogP contribution in [0.3, 0.4) is 0 Å². The summed E-state index contributed by atoms with van der Waals surface area (Å²) in [6.45, 7) is 6.88. The van der Waals surface area contributed by atoms with E-state index in [-0.39, 0.29) is 0 Å². The molecule has 1 unspecified atom stereocenters. The predicted molar refractivity (Wildman–Crippen MR) is 72.8 cm³/mol. The van der Waals surface area contributed by atoms with E-state index in [2.05, 4.69) is 24.0 Å². The van der Waals surface area contributed by atoms with Crippen molar-refractivity contribution < 1.29 is 9.47 Å². The highest BCUT2D eigenvalue weighted by Gasteiger charge is 2.14. The molecule has 0 amide bonds. The van der Waals surface area contributed by atoms with Gasteiger partial charge in [0.15, 0.2) is 0 Å². The first-order valence-electron chi connectivity index (χ1n) is 6.53. The Labute approximate surface area is 109 Å². The molecule has 3 heteroatoms. The van der Waals surface area contributed by atoms with Crippen molar-refractivity contribution in [1.82, 2.24) is 5.32 Å². The zero-order valence-corrected chi connectivity index (χ0v) is 10.7. The van der Waals surface area contributed by atoms with Crippen molar-refractivity contribution in [2.75, 3.05) is 19.8 Å². The lowest BCUT2D eigenvalue weighted by Gasteiger charge is -2.11. The molecule has 2 rings (SSSR count). The van der Waals surface area contributed by atoms with E-state index in [1.54, 1.807) is 6.08 Å². The van der Waals surface area contributed by atoms with Crippen LogP contribution < -0.4 is 10.1 Å². The summed E-state index contributed by atoms with van der Waals surface area (Å²) < 4.78 is 11.1. The molecular formula is C15H21NO2. The number of hydrogen-bond donors (Lipinski definition) is 1. The first-order valence-corrected chi connectivity index (χ1v) is 6.53. The molecule has 1 fully saturated rings. The topological polar surface area (TPSA) is 30.5 Å². The minimum atomic E-state index is 0.394. The maximum Gasteiger partial charge on any atom is 0.120 e. The molecule has 0 radical (unpaired) electrons. The van der Waals surface area contributed by atoms with Crippen LogP contribution in [0.25, 0.3) is 0 Å². The molecule has 3 nitrogen and oxygen atoms in total. The van der Waals surface area contributed by atoms with E-state index in [4.69, 9.17) is 9.47 Å². The Bertz CT molecular complexity index is 373. The van der Waals surface area contributed by atoms with E-state index in [1.165, 1.54) is 18.4 Å². The van der Waals surface area contributed by atoms with Crippen molar-refractivity contribution in [3.05, 3.63) is 42.5 Å². The molecular weight excluding hydrogens is 226 g/mol. The van der Waals surface area contributed by atoms with Crippen LogP contribution in [0, 0.1) is 0 Å². The van der Waals surface area contributed by atoms with Crippen molar-refractivity contribution in [3.8, 4) is 5.75 Å². The van der Waals surface area contributed by atoms with Gasteiger partial charge in [0.05, 0.1) is 6.10 Å². The second-order valence-corrected chi connectivity index (χ2v) is 4.51. The van der Waals surface area contributed by atoms with Gasteiger partial charge in [0.25, 0.3) is 0 Å². The van der Waals surface area contributed by atoms with Gasteiger partial charge in [-0.25, -0.2) is 0 Å². The molecule has 98 valence electrons. The Balaban J connectivity index is 1.75. The maximum atomic E-state index is 5.57. The molecule has 1 aliphatic rings. The Hall–Kier alpha value is -1.32. The Kier molecular flexibility index (Phi) is 5.24. The average Bonchev–Trinajstić information content (AvgIpc) is 2.90. The van der Waals surface area contributed by atoms with E-state index in [0.717, 1.165) is 25.4 Å². The van der Waals surface area contributed by atoms with Crippen LogP contribution in [0.1, 0.15) is 18.4 Å². The second-order valence-electron chi connectivity index (χ2n) is 4.51. The molecule has 0 aliphatic carbocycles. The van der Waals surface area contributed by atoms with Gasteiger partial charge in [-0.3, -0.25) is 0 Å². The number of hydrogen-bond acceptors (Lipinski definition) is 3. The lowest BCUT2D eigenvalue weighted by atomic mass is 10.2. The van der Waals surface area contributed by atoms with Crippen molar-refractivity contribution >= 4 is 0 Å². The SMILES string of the molecule is C=CCOc1cccc(CNCC2CCCO2)c1. The lowest BCUT2D eigenvalue weighted by molar-refractivity contribution is 0.110. The predicted octanol–water partition coefficient (Wildman–Crippen LogP) is 2.52. The molecule has 0 spiro atoms. The molecule has 1 aromatic carbocycles. The van der Waals surface area contributed by atoms with E-state index in [1.807, 2.05) is 12.1 Å². The fourth-order valence-electron chi connectivity index (χ4n) is 2.08. The Morgan fingerprint density at radius 3 is 3.22 bits per heavy atom. The molecule has 1 aromatic rings. The van der Waals surface area contributed by atoms with Crippen LogP contribution in [0.5, 0.6) is 5.75 Å². The number of nitrogens with one attached hydrogen (secondary N) is 1. The smallest absolute Gasteiger partial charge is 0.120 e. The van der Waals surface area contributed by atoms with Crippen molar-refractivity contribution in [2.45, 2.75) is 25.5 Å². The molecule has 0 aromatic heterocycles. The minimum Gasteiger partial charge on any atom is -0.490 e. The molecule has 1 atom stereocenters. The average molecular weight is 247 g/mol. The largest absolute Gasteiger partial charge is 0.490 e. The Morgan fingerprint density at radius 2 is 2.44 bits per heavy atom. The highest BCUT2D eigenvalue weighted by molar-refractivity contribution is 5.28. The van der Waals surface area contributed by atoms with Crippen molar-refractivity contribution in [1.29, 1.82) is 0 Å². The molecule has 0 saturated carbocycles. The van der Waals surface area contributed by atoms with Gasteiger partial charge in [0.1, 0.15) is 12.4 Å². The zero-order valence-electron chi connectivity index (χ0n) is 10.7. The van der Waals surface area contributed by atoms with Gasteiger partial charge in [0.2, 0.25) is 0 Å². The van der Waals surface area contributed by atoms with Gasteiger partial charge < -0.3 is 14.8 Å². The van der Waals surface area contributed by atoms with E-state index in [9.17, 15) is 0 Å². The summed E-state index contributed by atoms with van der Waals surface area (Å²) in [5.74, 6) is 0.895. The van der Waals surface area contributed by atoms with E-state index < -0.39 is 0 Å². The van der Waals surface area contributed by atoms with Crippen LogP contribution in [0.15, 0.2) is 36.9 Å². The summed E-state index contributed by atoms with van der Waals surface area (Å²) in [7, 11) is 0. The van der Waals surface area contributed by atoms with E-state index in [0.29, 0.717) is 12.7 Å². The third kappa shape index (κ3) is 4.17. The lowest BCUT2D eigenvalue weighted by Crippen LogP contribution is -2.25. The number of rotatable bonds is 7. The fraction of sp³-hybridized carbons (Fsp3) is 0.467. The molecule has 1 aliphatic heterocycles. The summed E-state index contributed by atoms with van der Waals surface area (Å²) in [6.07, 6.45) is 4.51. The quantitative estimate of drug-likeness (QED) is 0.751. The van der Waals surface area contributed by atoms with Crippen LogP contribution in [-0.4, -0.2) is 25.9 Å². The maximum absolute atomic E-state index is 5.57. The van der Waals surface area contributed by atoms with Crippen LogP contribution in [-0.2, 0) is 11.3 Å². The number of ether oxygens (including phenoxy) is 2. The minimum absolute atomic E-state index is 0.394. The molecule has 1 N–H and O–H groups in total. The van der Waals surface area contributed by atoms with Crippen molar-refractivity contribution in [3.63, 3.8) is 0 Å².